The first-order valence-electron chi connectivity index (χ1n) is 33.3. The molecule has 0 saturated carbocycles. The van der Waals surface area contributed by atoms with Gasteiger partial charge in [0.15, 0.2) is 0 Å². The fraction of sp³-hybridized carbons (Fsp3) is 1.00. The molecule has 0 aromatic heterocycles. The van der Waals surface area contributed by atoms with Crippen LogP contribution in [0.4, 0.5) is 4.20 Å². The molecule has 0 unspecified atom stereocenters. The molecule has 0 aliphatic rings. The van der Waals surface area contributed by atoms with E-state index in [1.165, 1.54) is 257 Å². The quantitative estimate of drug-likeness (QED) is 0.0450. The SMILES string of the molecule is CCCCCCCCCCCCCCP(CCCCCC)(CCCCCC)(CCCCCC)OP(=O)(F)OP(CCCCCC)(CCCCCC)(CCCCCC)CCCCCCCCCCCCCC. The predicted molar refractivity (Wildman–Crippen MR) is 331 cm³/mol. The number of halogens is 1. The topological polar surface area (TPSA) is 35.5 Å². The maximum atomic E-state index is 18.9. The molecular formula is C64H136FO3P3. The molecule has 0 atom stereocenters. The Bertz CT molecular complexity index is 1010. The van der Waals surface area contributed by atoms with Crippen LogP contribution in [0.1, 0.15) is 364 Å². The molecule has 0 fully saturated rings. The van der Waals surface area contributed by atoms with Gasteiger partial charge in [0.2, 0.25) is 0 Å². The molecule has 0 heterocycles. The van der Waals surface area contributed by atoms with Crippen molar-refractivity contribution in [1.29, 1.82) is 0 Å². The number of hydrogen-bond donors (Lipinski definition) is 0. The summed E-state index contributed by atoms with van der Waals surface area (Å²) in [7, 11) is -4.95. The van der Waals surface area contributed by atoms with E-state index in [9.17, 15) is 0 Å². The van der Waals surface area contributed by atoms with Gasteiger partial charge in [-0.25, -0.2) is 0 Å². The summed E-state index contributed by atoms with van der Waals surface area (Å²) in [6.45, 7) is 11.8. The van der Waals surface area contributed by atoms with Gasteiger partial charge in [-0.15, -0.1) is 0 Å². The third kappa shape index (κ3) is 37.4. The Balaban J connectivity index is 7.29. The minimum Gasteiger partial charge on any atom is -0.0654 e. The average Bonchev–Trinajstić information content (AvgIpc) is 3.35. The minimum absolute atomic E-state index is 0.956. The number of rotatable bonds is 60. The van der Waals surface area contributed by atoms with Crippen molar-refractivity contribution in [1.82, 2.24) is 0 Å². The van der Waals surface area contributed by atoms with E-state index in [1.54, 1.807) is 0 Å². The van der Waals surface area contributed by atoms with Gasteiger partial charge in [-0.05, 0) is 0 Å². The van der Waals surface area contributed by atoms with Crippen LogP contribution in [0.25, 0.3) is 0 Å². The second-order valence-corrected chi connectivity index (χ2v) is 37.4. The van der Waals surface area contributed by atoms with Crippen molar-refractivity contribution in [2.45, 2.75) is 364 Å². The molecule has 7 heteroatoms. The van der Waals surface area contributed by atoms with Crippen LogP contribution in [0.2, 0.25) is 0 Å². The van der Waals surface area contributed by atoms with Crippen LogP contribution in [0.15, 0.2) is 0 Å². The molecule has 3 nitrogen and oxygen atoms in total. The molecule has 0 N–H and O–H groups in total. The van der Waals surface area contributed by atoms with Crippen LogP contribution in [0.5, 0.6) is 0 Å². The van der Waals surface area contributed by atoms with Crippen LogP contribution >= 0.6 is 21.6 Å². The van der Waals surface area contributed by atoms with E-state index in [0.717, 1.165) is 101 Å². The van der Waals surface area contributed by atoms with Crippen molar-refractivity contribution in [3.05, 3.63) is 0 Å². The van der Waals surface area contributed by atoms with Gasteiger partial charge in [-0.3, -0.25) is 0 Å². The number of hydrogen-bond acceptors (Lipinski definition) is 3. The van der Waals surface area contributed by atoms with Gasteiger partial charge in [0.05, 0.1) is 0 Å². The fourth-order valence-corrected chi connectivity index (χ4v) is 30.9. The zero-order chi connectivity index (χ0) is 52.4. The third-order valence-corrected chi connectivity index (χ3v) is 34.1. The summed E-state index contributed by atoms with van der Waals surface area (Å²) in [4.78, 5) is 0. The van der Waals surface area contributed by atoms with Crippen LogP contribution in [0, 0.1) is 0 Å². The second-order valence-electron chi connectivity index (χ2n) is 24.2. The zero-order valence-corrected chi connectivity index (χ0v) is 53.2. The summed E-state index contributed by atoms with van der Waals surface area (Å²) in [6, 6.07) is 0. The van der Waals surface area contributed by atoms with Crippen molar-refractivity contribution in [3.8, 4) is 0 Å². The molecule has 0 bridgehead atoms. The van der Waals surface area contributed by atoms with Gasteiger partial charge in [-0.1, -0.05) is 26.7 Å². The molecule has 0 amide bonds. The van der Waals surface area contributed by atoms with Gasteiger partial charge in [0.1, 0.15) is 0 Å². The Hall–Kier alpha value is 0.940. The maximum absolute atomic E-state index is 18.9. The fourth-order valence-electron chi connectivity index (χ4n) is 12.6. The second kappa shape index (κ2) is 48.1. The van der Waals surface area contributed by atoms with Gasteiger partial charge in [0.25, 0.3) is 0 Å². The van der Waals surface area contributed by atoms with E-state index in [2.05, 4.69) is 55.4 Å². The van der Waals surface area contributed by atoms with Crippen molar-refractivity contribution in [3.63, 3.8) is 0 Å². The first kappa shape index (κ1) is 71.9. The summed E-state index contributed by atoms with van der Waals surface area (Å²) >= 11 is 0. The van der Waals surface area contributed by atoms with Crippen molar-refractivity contribution in [2.24, 2.45) is 0 Å². The first-order chi connectivity index (χ1) is 34.5. The molecular weight excluding hydrogens is 929 g/mol. The summed E-state index contributed by atoms with van der Waals surface area (Å²) < 4.78 is 50.0. The van der Waals surface area contributed by atoms with Crippen LogP contribution in [-0.4, -0.2) is 49.3 Å². The minimum atomic E-state index is -4.95. The van der Waals surface area contributed by atoms with E-state index in [4.69, 9.17) is 8.62 Å². The first-order valence-corrected chi connectivity index (χ1v) is 40.5. The zero-order valence-electron chi connectivity index (χ0n) is 50.5. The summed E-state index contributed by atoms with van der Waals surface area (Å²) in [6.07, 6.45) is 67.3. The molecule has 0 aromatic rings. The van der Waals surface area contributed by atoms with Gasteiger partial charge < -0.3 is 0 Å². The third-order valence-electron chi connectivity index (χ3n) is 17.3. The normalized spacial score (nSPS) is 14.4. The predicted octanol–water partition coefficient (Wildman–Crippen LogP) is 25.9. The van der Waals surface area contributed by atoms with E-state index < -0.39 is 21.6 Å². The average molecular weight is 1070 g/mol. The molecule has 432 valence electrons. The standard InChI is InChI=1S/C64H136FO3P3/c1-9-17-25-33-35-37-39-41-43-45-47-55-63-70(57-49-27-19-11-3,58-50-28-20-12-4,59-51-29-21-13-5)67-69(65,66)68-71(60-52-30-22-14-6,61-53-31-23-15-7,62-54-32-24-16-8)64-56-48-46-44-42-40-38-36-34-26-18-10-2/h9-64H2,1-8H3. The molecule has 0 aliphatic carbocycles. The van der Waals surface area contributed by atoms with E-state index in [1.807, 2.05) is 0 Å². The Morgan fingerprint density at radius 3 is 0.479 bits per heavy atom. The van der Waals surface area contributed by atoms with Crippen molar-refractivity contribution >= 4 is 21.6 Å². The molecule has 0 saturated heterocycles. The molecule has 0 rings (SSSR count). The van der Waals surface area contributed by atoms with Gasteiger partial charge in [0, 0.05) is 0 Å². The molecule has 0 radical (unpaired) electrons. The Kier molecular flexibility index (Phi) is 48.7. The van der Waals surface area contributed by atoms with Gasteiger partial charge in [-0.2, -0.15) is 0 Å². The van der Waals surface area contributed by atoms with Crippen LogP contribution < -0.4 is 0 Å². The molecule has 0 spiro atoms. The van der Waals surface area contributed by atoms with Crippen LogP contribution in [0.3, 0.4) is 0 Å². The van der Waals surface area contributed by atoms with E-state index >= 15 is 8.76 Å². The Morgan fingerprint density at radius 2 is 0.338 bits per heavy atom. The number of unbranched alkanes of at least 4 members (excludes halogenated alkanes) is 40. The van der Waals surface area contributed by atoms with Crippen molar-refractivity contribution in [2.75, 3.05) is 49.3 Å². The summed E-state index contributed by atoms with van der Waals surface area (Å²) in [5.74, 6) is 0. The summed E-state index contributed by atoms with van der Waals surface area (Å²) in [5.41, 5.74) is 0. The Morgan fingerprint density at radius 1 is 0.225 bits per heavy atom. The smallest absolute Gasteiger partial charge is 0.0654 e. The molecule has 0 aliphatic heterocycles. The molecule has 71 heavy (non-hydrogen) atoms. The Labute approximate surface area is 449 Å². The molecule has 0 aromatic carbocycles. The van der Waals surface area contributed by atoms with Gasteiger partial charge >= 0.3 is 425 Å². The van der Waals surface area contributed by atoms with E-state index in [0.29, 0.717) is 0 Å². The van der Waals surface area contributed by atoms with Crippen LogP contribution in [-0.2, 0) is 13.2 Å². The van der Waals surface area contributed by atoms with E-state index in [-0.39, 0.29) is 0 Å². The monoisotopic (exact) mass is 1060 g/mol. The summed E-state index contributed by atoms with van der Waals surface area (Å²) in [5, 5.41) is 0. The van der Waals surface area contributed by atoms with Crippen molar-refractivity contribution < 1.29 is 17.4 Å².